The van der Waals surface area contributed by atoms with Crippen LogP contribution in [0, 0.1) is 12.8 Å². The SMILES string of the molecule is Cc1nccc(N2CCC(C(=O)N3CCN(S(=O)(=O)c4ccc(Br)cc4)CC3)C2)n1. The van der Waals surface area contributed by atoms with Crippen LogP contribution in [0.25, 0.3) is 0 Å². The lowest BCUT2D eigenvalue weighted by Crippen LogP contribution is -2.52. The van der Waals surface area contributed by atoms with Gasteiger partial charge in [-0.05, 0) is 43.7 Å². The fourth-order valence-corrected chi connectivity index (χ4v) is 5.64. The molecule has 8 nitrogen and oxygen atoms in total. The van der Waals surface area contributed by atoms with Crippen LogP contribution in [-0.4, -0.2) is 72.8 Å². The van der Waals surface area contributed by atoms with Crippen molar-refractivity contribution >= 4 is 37.7 Å². The molecule has 2 aliphatic heterocycles. The summed E-state index contributed by atoms with van der Waals surface area (Å²) in [5.74, 6) is 1.58. The molecule has 0 radical (unpaired) electrons. The first-order chi connectivity index (χ1) is 14.3. The number of benzene rings is 1. The van der Waals surface area contributed by atoms with Crippen LogP contribution in [-0.2, 0) is 14.8 Å². The quantitative estimate of drug-likeness (QED) is 0.646. The second-order valence-electron chi connectivity index (χ2n) is 7.58. The summed E-state index contributed by atoms with van der Waals surface area (Å²) in [5, 5.41) is 0. The molecule has 2 aliphatic rings. The molecular formula is C20H24BrN5O3S. The number of amides is 1. The summed E-state index contributed by atoms with van der Waals surface area (Å²) < 4.78 is 28.0. The van der Waals surface area contributed by atoms with E-state index in [0.717, 1.165) is 23.3 Å². The maximum Gasteiger partial charge on any atom is 0.243 e. The molecule has 1 amide bonds. The molecule has 1 aromatic heterocycles. The van der Waals surface area contributed by atoms with Crippen LogP contribution in [0.3, 0.4) is 0 Å². The van der Waals surface area contributed by atoms with Crippen LogP contribution in [0.4, 0.5) is 5.82 Å². The summed E-state index contributed by atoms with van der Waals surface area (Å²) >= 11 is 3.32. The van der Waals surface area contributed by atoms with Gasteiger partial charge in [-0.3, -0.25) is 4.79 Å². The molecule has 0 aliphatic carbocycles. The Morgan fingerprint density at radius 2 is 1.77 bits per heavy atom. The first kappa shape index (κ1) is 21.2. The number of aryl methyl sites for hydroxylation is 1. The van der Waals surface area contributed by atoms with Gasteiger partial charge in [-0.1, -0.05) is 15.9 Å². The Labute approximate surface area is 185 Å². The molecule has 1 atom stereocenters. The molecule has 0 N–H and O–H groups in total. The number of anilines is 1. The molecule has 160 valence electrons. The lowest BCUT2D eigenvalue weighted by molar-refractivity contribution is -0.136. The van der Waals surface area contributed by atoms with Gasteiger partial charge in [0.05, 0.1) is 10.8 Å². The van der Waals surface area contributed by atoms with Crippen LogP contribution in [0.2, 0.25) is 0 Å². The highest BCUT2D eigenvalue weighted by Crippen LogP contribution is 2.25. The molecule has 4 rings (SSSR count). The molecule has 2 saturated heterocycles. The van der Waals surface area contributed by atoms with E-state index in [0.29, 0.717) is 38.5 Å². The van der Waals surface area contributed by atoms with E-state index in [1.807, 2.05) is 13.0 Å². The van der Waals surface area contributed by atoms with Crippen molar-refractivity contribution in [3.05, 3.63) is 46.8 Å². The van der Waals surface area contributed by atoms with Crippen molar-refractivity contribution in [2.75, 3.05) is 44.2 Å². The maximum atomic E-state index is 13.0. The van der Waals surface area contributed by atoms with Crippen molar-refractivity contribution in [2.24, 2.45) is 5.92 Å². The zero-order valence-corrected chi connectivity index (χ0v) is 19.1. The number of carbonyl (C=O) groups is 1. The molecule has 0 spiro atoms. The van der Waals surface area contributed by atoms with Crippen molar-refractivity contribution in [1.82, 2.24) is 19.2 Å². The van der Waals surface area contributed by atoms with E-state index >= 15 is 0 Å². The molecule has 1 aromatic carbocycles. The summed E-state index contributed by atoms with van der Waals surface area (Å²) in [4.78, 5) is 25.8. The van der Waals surface area contributed by atoms with Gasteiger partial charge in [0.15, 0.2) is 0 Å². The maximum absolute atomic E-state index is 13.0. The van der Waals surface area contributed by atoms with Crippen molar-refractivity contribution in [2.45, 2.75) is 18.2 Å². The smallest absolute Gasteiger partial charge is 0.243 e. The average Bonchev–Trinajstić information content (AvgIpc) is 3.24. The van der Waals surface area contributed by atoms with Gasteiger partial charge < -0.3 is 9.80 Å². The molecule has 2 aromatic rings. The predicted octanol–water partition coefficient (Wildman–Crippen LogP) is 1.91. The Bertz CT molecular complexity index is 1020. The minimum Gasteiger partial charge on any atom is -0.356 e. The fourth-order valence-electron chi connectivity index (χ4n) is 3.95. The van der Waals surface area contributed by atoms with Crippen molar-refractivity contribution in [3.63, 3.8) is 0 Å². The van der Waals surface area contributed by atoms with Crippen LogP contribution in [0.1, 0.15) is 12.2 Å². The van der Waals surface area contributed by atoms with Crippen molar-refractivity contribution < 1.29 is 13.2 Å². The van der Waals surface area contributed by atoms with E-state index in [-0.39, 0.29) is 16.7 Å². The normalized spacial score (nSPS) is 20.5. The number of carbonyl (C=O) groups excluding carboxylic acids is 1. The average molecular weight is 494 g/mol. The molecule has 0 bridgehead atoms. The van der Waals surface area contributed by atoms with Gasteiger partial charge >= 0.3 is 0 Å². The molecule has 1 unspecified atom stereocenters. The second-order valence-corrected chi connectivity index (χ2v) is 10.4. The zero-order valence-electron chi connectivity index (χ0n) is 16.7. The predicted molar refractivity (Wildman–Crippen MR) is 117 cm³/mol. The summed E-state index contributed by atoms with van der Waals surface area (Å²) in [6, 6.07) is 8.50. The number of rotatable bonds is 4. The van der Waals surface area contributed by atoms with E-state index in [1.54, 1.807) is 35.4 Å². The van der Waals surface area contributed by atoms with Gasteiger partial charge in [0.25, 0.3) is 0 Å². The molecule has 2 fully saturated rings. The van der Waals surface area contributed by atoms with Crippen LogP contribution < -0.4 is 4.90 Å². The van der Waals surface area contributed by atoms with Gasteiger partial charge in [-0.2, -0.15) is 4.31 Å². The molecule has 3 heterocycles. The minimum absolute atomic E-state index is 0.0881. The molecular weight excluding hydrogens is 470 g/mol. The number of halogens is 1. The van der Waals surface area contributed by atoms with Gasteiger partial charge in [0.2, 0.25) is 15.9 Å². The Morgan fingerprint density at radius 1 is 1.07 bits per heavy atom. The fraction of sp³-hybridized carbons (Fsp3) is 0.450. The van der Waals surface area contributed by atoms with Crippen molar-refractivity contribution in [3.8, 4) is 0 Å². The number of piperazine rings is 1. The first-order valence-electron chi connectivity index (χ1n) is 9.94. The number of nitrogens with zero attached hydrogens (tertiary/aromatic N) is 5. The number of aromatic nitrogens is 2. The molecule has 0 saturated carbocycles. The minimum atomic E-state index is -3.54. The highest BCUT2D eigenvalue weighted by Gasteiger charge is 2.35. The van der Waals surface area contributed by atoms with Crippen LogP contribution >= 0.6 is 15.9 Å². The Balaban J connectivity index is 1.35. The third-order valence-electron chi connectivity index (χ3n) is 5.62. The van der Waals surface area contributed by atoms with Gasteiger partial charge in [-0.25, -0.2) is 18.4 Å². The van der Waals surface area contributed by atoms with E-state index in [4.69, 9.17) is 0 Å². The van der Waals surface area contributed by atoms with Gasteiger partial charge in [-0.15, -0.1) is 0 Å². The molecule has 30 heavy (non-hydrogen) atoms. The van der Waals surface area contributed by atoms with Crippen molar-refractivity contribution in [1.29, 1.82) is 0 Å². The first-order valence-corrected chi connectivity index (χ1v) is 12.2. The second kappa shape index (κ2) is 8.60. The number of sulfonamides is 1. The Morgan fingerprint density at radius 3 is 2.43 bits per heavy atom. The number of hydrogen-bond acceptors (Lipinski definition) is 6. The lowest BCUT2D eigenvalue weighted by atomic mass is 10.1. The van der Waals surface area contributed by atoms with E-state index in [2.05, 4.69) is 30.8 Å². The topological polar surface area (TPSA) is 86.7 Å². The largest absolute Gasteiger partial charge is 0.356 e. The van der Waals surface area contributed by atoms with Gasteiger partial charge in [0.1, 0.15) is 11.6 Å². The third-order valence-corrected chi connectivity index (χ3v) is 8.07. The summed E-state index contributed by atoms with van der Waals surface area (Å²) in [6.07, 6.45) is 2.51. The highest BCUT2D eigenvalue weighted by molar-refractivity contribution is 9.10. The van der Waals surface area contributed by atoms with E-state index in [9.17, 15) is 13.2 Å². The Hall–Kier alpha value is -2.04. The molecule has 10 heteroatoms. The monoisotopic (exact) mass is 493 g/mol. The van der Waals surface area contributed by atoms with E-state index in [1.165, 1.54) is 4.31 Å². The summed E-state index contributed by atoms with van der Waals surface area (Å²) in [6.45, 7) is 4.72. The van der Waals surface area contributed by atoms with Crippen LogP contribution in [0.5, 0.6) is 0 Å². The lowest BCUT2D eigenvalue weighted by Gasteiger charge is -2.35. The summed E-state index contributed by atoms with van der Waals surface area (Å²) in [5.41, 5.74) is 0. The zero-order chi connectivity index (χ0) is 21.3. The van der Waals surface area contributed by atoms with E-state index < -0.39 is 10.0 Å². The highest BCUT2D eigenvalue weighted by atomic mass is 79.9. The third kappa shape index (κ3) is 4.35. The summed E-state index contributed by atoms with van der Waals surface area (Å²) in [7, 11) is -3.54. The Kier molecular flexibility index (Phi) is 6.08. The van der Waals surface area contributed by atoms with Crippen LogP contribution in [0.15, 0.2) is 45.9 Å². The number of hydrogen-bond donors (Lipinski definition) is 0. The standard InChI is InChI=1S/C20H24BrN5O3S/c1-15-22-8-6-19(23-15)25-9-7-16(14-25)20(27)24-10-12-26(13-11-24)30(28,29)18-4-2-17(21)3-5-18/h2-6,8,16H,7,9-14H2,1H3. The van der Waals surface area contributed by atoms with Gasteiger partial charge in [0, 0.05) is 49.9 Å².